The fourth-order valence-corrected chi connectivity index (χ4v) is 3.19. The van der Waals surface area contributed by atoms with Crippen molar-refractivity contribution >= 4 is 28.7 Å². The number of piperidine rings is 1. The molecule has 1 fully saturated rings. The molecule has 0 aromatic carbocycles. The fraction of sp³-hybridized carbons (Fsp3) is 0.750. The number of hydrogen-bond donors (Lipinski definition) is 0. The molecule has 6 heteroatoms. The van der Waals surface area contributed by atoms with Gasteiger partial charge in [-0.05, 0) is 76.0 Å². The van der Waals surface area contributed by atoms with Crippen LogP contribution in [0.5, 0.6) is 0 Å². The lowest BCUT2D eigenvalue weighted by Gasteiger charge is -2.34. The molecule has 0 N–H and O–H groups in total. The minimum Gasteiger partial charge on any atom is -0.444 e. The van der Waals surface area contributed by atoms with Crippen LogP contribution in [0.4, 0.5) is 4.79 Å². The summed E-state index contributed by atoms with van der Waals surface area (Å²) in [6.07, 6.45) is 1.97. The van der Waals surface area contributed by atoms with Gasteiger partial charge in [0.2, 0.25) is 0 Å². The highest BCUT2D eigenvalue weighted by molar-refractivity contribution is 14.1. The summed E-state index contributed by atoms with van der Waals surface area (Å²) in [4.78, 5) is 14.1. The Hall–Kier alpha value is -0.790. The van der Waals surface area contributed by atoms with Gasteiger partial charge in [0.25, 0.3) is 0 Å². The summed E-state index contributed by atoms with van der Waals surface area (Å²) in [5.41, 5.74) is 1.86. The molecule has 0 aliphatic carbocycles. The number of hydrogen-bond acceptors (Lipinski definition) is 3. The molecule has 22 heavy (non-hydrogen) atoms. The molecule has 124 valence electrons. The van der Waals surface area contributed by atoms with Gasteiger partial charge < -0.3 is 9.64 Å². The topological polar surface area (TPSA) is 47.4 Å². The molecule has 2 rings (SSSR count). The second kappa shape index (κ2) is 6.76. The predicted octanol–water partition coefficient (Wildman–Crippen LogP) is 3.75. The van der Waals surface area contributed by atoms with Gasteiger partial charge >= 0.3 is 6.09 Å². The van der Waals surface area contributed by atoms with Crippen LogP contribution in [-0.2, 0) is 11.3 Å². The fourth-order valence-electron chi connectivity index (χ4n) is 2.80. The third-order valence-corrected chi connectivity index (χ3v) is 5.46. The SMILES string of the molecule is Cc1nn(CC2CCCN(C(=O)OC(C)(C)C)C2)c(C)c1I. The second-order valence-electron chi connectivity index (χ2n) is 7.10. The van der Waals surface area contributed by atoms with E-state index in [4.69, 9.17) is 4.74 Å². The predicted molar refractivity (Wildman–Crippen MR) is 94.9 cm³/mol. The molecule has 1 atom stereocenters. The van der Waals surface area contributed by atoms with Crippen molar-refractivity contribution in [2.24, 2.45) is 5.92 Å². The molecular formula is C16H26IN3O2. The molecule has 0 radical (unpaired) electrons. The molecule has 1 unspecified atom stereocenters. The third-order valence-electron chi connectivity index (χ3n) is 3.90. The van der Waals surface area contributed by atoms with Crippen molar-refractivity contribution in [2.45, 2.75) is 59.6 Å². The first-order valence-electron chi connectivity index (χ1n) is 7.85. The van der Waals surface area contributed by atoms with Crippen LogP contribution in [-0.4, -0.2) is 39.5 Å². The van der Waals surface area contributed by atoms with Crippen molar-refractivity contribution in [2.75, 3.05) is 13.1 Å². The van der Waals surface area contributed by atoms with Crippen LogP contribution in [0.15, 0.2) is 0 Å². The number of aryl methyl sites for hydroxylation is 1. The van der Waals surface area contributed by atoms with E-state index in [1.807, 2.05) is 32.6 Å². The second-order valence-corrected chi connectivity index (χ2v) is 8.18. The largest absolute Gasteiger partial charge is 0.444 e. The normalized spacial score (nSPS) is 19.4. The van der Waals surface area contributed by atoms with Crippen molar-refractivity contribution in [3.63, 3.8) is 0 Å². The van der Waals surface area contributed by atoms with Crippen LogP contribution >= 0.6 is 22.6 Å². The van der Waals surface area contributed by atoms with Crippen molar-refractivity contribution < 1.29 is 9.53 Å². The smallest absolute Gasteiger partial charge is 0.410 e. The minimum absolute atomic E-state index is 0.194. The molecule has 1 aromatic heterocycles. The van der Waals surface area contributed by atoms with Crippen LogP contribution < -0.4 is 0 Å². The van der Waals surface area contributed by atoms with Gasteiger partial charge in [-0.15, -0.1) is 0 Å². The first-order chi connectivity index (χ1) is 10.2. The Labute approximate surface area is 146 Å². The van der Waals surface area contributed by atoms with Crippen molar-refractivity contribution in [3.8, 4) is 0 Å². The van der Waals surface area contributed by atoms with E-state index in [0.29, 0.717) is 5.92 Å². The Kier molecular flexibility index (Phi) is 5.40. The Balaban J connectivity index is 1.98. The number of aromatic nitrogens is 2. The van der Waals surface area contributed by atoms with Crippen molar-refractivity contribution in [3.05, 3.63) is 15.0 Å². The maximum atomic E-state index is 12.2. The number of nitrogens with zero attached hydrogens (tertiary/aromatic N) is 3. The first kappa shape index (κ1) is 17.6. The van der Waals surface area contributed by atoms with Gasteiger partial charge in [-0.25, -0.2) is 4.79 Å². The van der Waals surface area contributed by atoms with E-state index in [0.717, 1.165) is 38.2 Å². The zero-order valence-corrected chi connectivity index (χ0v) is 16.3. The Morgan fingerprint density at radius 2 is 2.09 bits per heavy atom. The average molecular weight is 419 g/mol. The summed E-state index contributed by atoms with van der Waals surface area (Å²) in [6, 6.07) is 0. The Morgan fingerprint density at radius 1 is 1.41 bits per heavy atom. The molecule has 1 saturated heterocycles. The van der Waals surface area contributed by atoms with E-state index in [9.17, 15) is 4.79 Å². The molecular weight excluding hydrogens is 393 g/mol. The number of carbonyl (C=O) groups is 1. The highest BCUT2D eigenvalue weighted by Gasteiger charge is 2.28. The number of ether oxygens (including phenoxy) is 1. The number of halogens is 1. The lowest BCUT2D eigenvalue weighted by molar-refractivity contribution is 0.0155. The molecule has 1 aliphatic rings. The standard InChI is InChI=1S/C16H26IN3O2/c1-11-14(17)12(2)20(18-11)10-13-7-6-8-19(9-13)15(21)22-16(3,4)5/h13H,6-10H2,1-5H3. The number of carbonyl (C=O) groups excluding carboxylic acids is 1. The molecule has 0 spiro atoms. The number of amides is 1. The van der Waals surface area contributed by atoms with E-state index in [2.05, 4.69) is 39.3 Å². The van der Waals surface area contributed by atoms with E-state index in [-0.39, 0.29) is 6.09 Å². The Bertz CT molecular complexity index is 548. The lowest BCUT2D eigenvalue weighted by Crippen LogP contribution is -2.43. The van der Waals surface area contributed by atoms with Crippen LogP contribution in [0.25, 0.3) is 0 Å². The highest BCUT2D eigenvalue weighted by atomic mass is 127. The molecule has 2 heterocycles. The van der Waals surface area contributed by atoms with E-state index in [1.165, 1.54) is 9.26 Å². The number of likely N-dealkylation sites (tertiary alicyclic amines) is 1. The summed E-state index contributed by atoms with van der Waals surface area (Å²) < 4.78 is 8.80. The van der Waals surface area contributed by atoms with Gasteiger partial charge in [0.15, 0.2) is 0 Å². The van der Waals surface area contributed by atoms with Gasteiger partial charge in [-0.1, -0.05) is 0 Å². The van der Waals surface area contributed by atoms with Crippen LogP contribution in [0.1, 0.15) is 45.0 Å². The zero-order chi connectivity index (χ0) is 16.5. The molecule has 5 nitrogen and oxygen atoms in total. The maximum absolute atomic E-state index is 12.2. The summed E-state index contributed by atoms with van der Waals surface area (Å²) in [6.45, 7) is 12.3. The Morgan fingerprint density at radius 3 is 2.64 bits per heavy atom. The third kappa shape index (κ3) is 4.36. The van der Waals surface area contributed by atoms with Gasteiger partial charge in [0.1, 0.15) is 5.60 Å². The average Bonchev–Trinajstić information content (AvgIpc) is 2.65. The zero-order valence-electron chi connectivity index (χ0n) is 14.1. The highest BCUT2D eigenvalue weighted by Crippen LogP contribution is 2.23. The first-order valence-corrected chi connectivity index (χ1v) is 8.92. The molecule has 1 amide bonds. The van der Waals surface area contributed by atoms with Crippen LogP contribution in [0.3, 0.4) is 0 Å². The van der Waals surface area contributed by atoms with Gasteiger partial charge in [0, 0.05) is 25.3 Å². The number of rotatable bonds is 2. The lowest BCUT2D eigenvalue weighted by atomic mass is 9.98. The van der Waals surface area contributed by atoms with Crippen molar-refractivity contribution in [1.82, 2.24) is 14.7 Å². The molecule has 0 saturated carbocycles. The molecule has 0 bridgehead atoms. The van der Waals surface area contributed by atoms with E-state index >= 15 is 0 Å². The van der Waals surface area contributed by atoms with Crippen LogP contribution in [0, 0.1) is 23.3 Å². The van der Waals surface area contributed by atoms with E-state index in [1.54, 1.807) is 0 Å². The van der Waals surface area contributed by atoms with E-state index < -0.39 is 5.60 Å². The molecule has 1 aliphatic heterocycles. The summed E-state index contributed by atoms with van der Waals surface area (Å²) >= 11 is 2.35. The molecule has 1 aromatic rings. The summed E-state index contributed by atoms with van der Waals surface area (Å²) in [7, 11) is 0. The quantitative estimate of drug-likeness (QED) is 0.687. The summed E-state index contributed by atoms with van der Waals surface area (Å²) in [5, 5.41) is 4.61. The van der Waals surface area contributed by atoms with Crippen LogP contribution in [0.2, 0.25) is 0 Å². The maximum Gasteiger partial charge on any atom is 0.410 e. The van der Waals surface area contributed by atoms with Gasteiger partial charge in [-0.3, -0.25) is 4.68 Å². The van der Waals surface area contributed by atoms with Gasteiger partial charge in [-0.2, -0.15) is 5.10 Å². The monoisotopic (exact) mass is 419 g/mol. The minimum atomic E-state index is -0.435. The van der Waals surface area contributed by atoms with Gasteiger partial charge in [0.05, 0.1) is 9.26 Å². The van der Waals surface area contributed by atoms with Crippen molar-refractivity contribution in [1.29, 1.82) is 0 Å². The summed E-state index contributed by atoms with van der Waals surface area (Å²) in [5.74, 6) is 0.440.